The van der Waals surface area contributed by atoms with Gasteiger partial charge in [0.25, 0.3) is 5.91 Å². The molecule has 0 radical (unpaired) electrons. The molecule has 1 amide bonds. The van der Waals surface area contributed by atoms with Crippen LogP contribution >= 0.6 is 0 Å². The fraction of sp³-hybridized carbons (Fsp3) is 0.381. The first-order chi connectivity index (χ1) is 12.5. The molecule has 1 unspecified atom stereocenters. The molecule has 0 fully saturated rings. The predicted molar refractivity (Wildman–Crippen MR) is 104 cm³/mol. The van der Waals surface area contributed by atoms with Crippen LogP contribution in [0.1, 0.15) is 25.0 Å². The molecule has 2 aromatic carbocycles. The molecule has 0 aliphatic carbocycles. The fourth-order valence-corrected chi connectivity index (χ4v) is 2.73. The molecule has 5 nitrogen and oxygen atoms in total. The van der Waals surface area contributed by atoms with Gasteiger partial charge >= 0.3 is 0 Å². The third-order valence-corrected chi connectivity index (χ3v) is 3.92. The van der Waals surface area contributed by atoms with Gasteiger partial charge in [0.2, 0.25) is 0 Å². The van der Waals surface area contributed by atoms with Crippen LogP contribution in [0.25, 0.3) is 0 Å². The summed E-state index contributed by atoms with van der Waals surface area (Å²) < 4.78 is 11.1. The highest BCUT2D eigenvalue weighted by Crippen LogP contribution is 2.30. The molecule has 0 spiro atoms. The van der Waals surface area contributed by atoms with Gasteiger partial charge in [-0.3, -0.25) is 4.79 Å². The lowest BCUT2D eigenvalue weighted by atomic mass is 10.1. The van der Waals surface area contributed by atoms with Crippen molar-refractivity contribution in [2.45, 2.75) is 27.3 Å². The first kappa shape index (κ1) is 19.8. The van der Waals surface area contributed by atoms with Crippen LogP contribution in [0.2, 0.25) is 0 Å². The molecule has 0 saturated heterocycles. The van der Waals surface area contributed by atoms with Crippen molar-refractivity contribution in [3.05, 3.63) is 53.6 Å². The summed E-state index contributed by atoms with van der Waals surface area (Å²) in [5, 5.41) is 2.94. The number of anilines is 1. The van der Waals surface area contributed by atoms with Crippen molar-refractivity contribution in [3.63, 3.8) is 0 Å². The van der Waals surface area contributed by atoms with E-state index in [0.29, 0.717) is 36.9 Å². The summed E-state index contributed by atoms with van der Waals surface area (Å²) in [5.41, 5.74) is 3.18. The van der Waals surface area contributed by atoms with Gasteiger partial charge in [0.1, 0.15) is 6.54 Å². The van der Waals surface area contributed by atoms with E-state index >= 15 is 0 Å². The number of amides is 1. The summed E-state index contributed by atoms with van der Waals surface area (Å²) in [6, 6.07) is 13.9. The van der Waals surface area contributed by atoms with Gasteiger partial charge in [-0.1, -0.05) is 29.8 Å². The molecule has 140 valence electrons. The van der Waals surface area contributed by atoms with Gasteiger partial charge in [-0.25, -0.2) is 0 Å². The van der Waals surface area contributed by atoms with Crippen LogP contribution in [0, 0.1) is 6.92 Å². The molecule has 0 bridgehead atoms. The molecule has 2 N–H and O–H groups in total. The highest BCUT2D eigenvalue weighted by molar-refractivity contribution is 5.91. The number of likely N-dealkylation sites (N-methyl/N-ethyl adjacent to an activating group) is 1. The number of rotatable bonds is 9. The number of carbonyl (C=O) groups is 1. The van der Waals surface area contributed by atoms with Crippen molar-refractivity contribution >= 4 is 11.6 Å². The third-order valence-electron chi connectivity index (χ3n) is 3.92. The summed E-state index contributed by atoms with van der Waals surface area (Å²) in [4.78, 5) is 13.5. The van der Waals surface area contributed by atoms with Gasteiger partial charge in [-0.2, -0.15) is 0 Å². The van der Waals surface area contributed by atoms with E-state index < -0.39 is 0 Å². The molecule has 0 saturated carbocycles. The van der Waals surface area contributed by atoms with Gasteiger partial charge < -0.3 is 19.7 Å². The van der Waals surface area contributed by atoms with Gasteiger partial charge in [0.15, 0.2) is 18.0 Å². The zero-order valence-corrected chi connectivity index (χ0v) is 16.1. The van der Waals surface area contributed by atoms with Gasteiger partial charge in [-0.05, 0) is 32.9 Å². The minimum atomic E-state index is -0.0266. The van der Waals surface area contributed by atoms with Crippen molar-refractivity contribution in [3.8, 4) is 11.5 Å². The largest absolute Gasteiger partial charge is 0.490 e. The number of hydrogen-bond acceptors (Lipinski definition) is 3. The number of aryl methyl sites for hydroxylation is 1. The van der Waals surface area contributed by atoms with Gasteiger partial charge in [0.05, 0.1) is 20.3 Å². The van der Waals surface area contributed by atoms with E-state index in [1.54, 1.807) is 0 Å². The zero-order chi connectivity index (χ0) is 18.9. The molecule has 2 rings (SSSR count). The first-order valence-corrected chi connectivity index (χ1v) is 9.08. The third kappa shape index (κ3) is 6.08. The molecule has 2 aromatic rings. The van der Waals surface area contributed by atoms with Gasteiger partial charge in [0, 0.05) is 17.3 Å². The average Bonchev–Trinajstić information content (AvgIpc) is 2.59. The minimum absolute atomic E-state index is 0.0266. The number of nitrogens with one attached hydrogen (secondary N) is 2. The molecule has 0 aliphatic rings. The Morgan fingerprint density at radius 1 is 1.00 bits per heavy atom. The molecule has 1 atom stereocenters. The average molecular weight is 357 g/mol. The lowest BCUT2D eigenvalue weighted by molar-refractivity contribution is -0.885. The Balaban J connectivity index is 1.93. The van der Waals surface area contributed by atoms with Crippen LogP contribution in [0.5, 0.6) is 11.5 Å². The van der Waals surface area contributed by atoms with Crippen molar-refractivity contribution < 1.29 is 19.2 Å². The summed E-state index contributed by atoms with van der Waals surface area (Å²) in [7, 11) is 2.02. The topological polar surface area (TPSA) is 52.0 Å². The molecule has 0 heterocycles. The van der Waals surface area contributed by atoms with E-state index in [-0.39, 0.29) is 5.91 Å². The van der Waals surface area contributed by atoms with E-state index in [1.165, 1.54) is 11.1 Å². The number of benzene rings is 2. The number of hydrogen-bond donors (Lipinski definition) is 2. The minimum Gasteiger partial charge on any atom is -0.490 e. The maximum atomic E-state index is 12.3. The Hall–Kier alpha value is -2.53. The van der Waals surface area contributed by atoms with E-state index in [9.17, 15) is 4.79 Å². The Bertz CT molecular complexity index is 714. The van der Waals surface area contributed by atoms with Crippen molar-refractivity contribution in [1.82, 2.24) is 0 Å². The van der Waals surface area contributed by atoms with Crippen LogP contribution in [-0.4, -0.2) is 32.7 Å². The maximum Gasteiger partial charge on any atom is 0.279 e. The normalized spacial score (nSPS) is 11.7. The molecular weight excluding hydrogens is 328 g/mol. The highest BCUT2D eigenvalue weighted by atomic mass is 16.5. The Labute approximate surface area is 155 Å². The number of carbonyl (C=O) groups excluding carboxylic acids is 1. The quantitative estimate of drug-likeness (QED) is 0.725. The molecule has 0 aliphatic heterocycles. The van der Waals surface area contributed by atoms with Crippen molar-refractivity contribution in [1.29, 1.82) is 0 Å². The second-order valence-corrected chi connectivity index (χ2v) is 6.37. The monoisotopic (exact) mass is 357 g/mol. The van der Waals surface area contributed by atoms with Crippen LogP contribution in [0.15, 0.2) is 42.5 Å². The summed E-state index contributed by atoms with van der Waals surface area (Å²) in [5.74, 6) is 1.31. The summed E-state index contributed by atoms with van der Waals surface area (Å²) in [6.45, 7) is 8.23. The molecule has 0 aromatic heterocycles. The first-order valence-electron chi connectivity index (χ1n) is 9.08. The van der Waals surface area contributed by atoms with Crippen LogP contribution in [0.4, 0.5) is 5.69 Å². The highest BCUT2D eigenvalue weighted by Gasteiger charge is 2.13. The Kier molecular flexibility index (Phi) is 7.48. The lowest BCUT2D eigenvalue weighted by Crippen LogP contribution is -3.08. The van der Waals surface area contributed by atoms with E-state index in [1.807, 2.05) is 39.1 Å². The smallest absolute Gasteiger partial charge is 0.279 e. The van der Waals surface area contributed by atoms with Gasteiger partial charge in [-0.15, -0.1) is 0 Å². The molecule has 26 heavy (non-hydrogen) atoms. The Morgan fingerprint density at radius 3 is 2.31 bits per heavy atom. The molecular formula is C21H29N2O3+. The van der Waals surface area contributed by atoms with E-state index in [0.717, 1.165) is 11.4 Å². The number of ether oxygens (including phenoxy) is 2. The second kappa shape index (κ2) is 9.82. The van der Waals surface area contributed by atoms with Crippen LogP contribution in [-0.2, 0) is 11.3 Å². The molecule has 5 heteroatoms. The van der Waals surface area contributed by atoms with Crippen molar-refractivity contribution in [2.75, 3.05) is 32.1 Å². The van der Waals surface area contributed by atoms with Crippen LogP contribution in [0.3, 0.4) is 0 Å². The fourth-order valence-electron chi connectivity index (χ4n) is 2.73. The maximum absolute atomic E-state index is 12.3. The van der Waals surface area contributed by atoms with Crippen molar-refractivity contribution in [2.24, 2.45) is 0 Å². The predicted octanol–water partition coefficient (Wildman–Crippen LogP) is 2.45. The number of quaternary nitrogens is 1. The van der Waals surface area contributed by atoms with E-state index in [4.69, 9.17) is 9.47 Å². The SMILES string of the molecule is CCOc1ccc(NC(=O)C[NH+](C)Cc2ccc(C)cc2)cc1OCC. The van der Waals surface area contributed by atoms with Crippen LogP contribution < -0.4 is 19.7 Å². The van der Waals surface area contributed by atoms with E-state index in [2.05, 4.69) is 36.5 Å². The Morgan fingerprint density at radius 2 is 1.65 bits per heavy atom. The zero-order valence-electron chi connectivity index (χ0n) is 16.1. The summed E-state index contributed by atoms with van der Waals surface area (Å²) in [6.07, 6.45) is 0. The summed E-state index contributed by atoms with van der Waals surface area (Å²) >= 11 is 0. The standard InChI is InChI=1S/C21H28N2O3/c1-5-25-19-12-11-18(13-20(19)26-6-2)22-21(24)15-23(4)14-17-9-7-16(3)8-10-17/h7-13H,5-6,14-15H2,1-4H3,(H,22,24)/p+1. The second-order valence-electron chi connectivity index (χ2n) is 6.37. The lowest BCUT2D eigenvalue weighted by Gasteiger charge is -2.15.